The Morgan fingerprint density at radius 3 is 2.64 bits per heavy atom. The fourth-order valence-corrected chi connectivity index (χ4v) is 5.60. The second-order valence-corrected chi connectivity index (χ2v) is 10.1. The smallest absolute Gasteiger partial charge is 0.338 e. The minimum Gasteiger partial charge on any atom is -0.338 e. The van der Waals surface area contributed by atoms with Gasteiger partial charge in [0.25, 0.3) is 0 Å². The van der Waals surface area contributed by atoms with Crippen LogP contribution in [0.15, 0.2) is 35.7 Å². The summed E-state index contributed by atoms with van der Waals surface area (Å²) in [6.45, 7) is 7.61. The molecular weight excluding hydrogens is 475 g/mol. The van der Waals surface area contributed by atoms with Crippen LogP contribution in [-0.2, 0) is 15.8 Å². The number of thioether (sulfide) groups is 1. The average molecular weight is 504 g/mol. The Labute approximate surface area is 201 Å². The lowest BCUT2D eigenvalue weighted by molar-refractivity contribution is -0.137. The first kappa shape index (κ1) is 25.9. The van der Waals surface area contributed by atoms with Gasteiger partial charge >= 0.3 is 6.18 Å². The van der Waals surface area contributed by atoms with Gasteiger partial charge in [0.1, 0.15) is 11.9 Å². The van der Waals surface area contributed by atoms with Crippen LogP contribution in [0.2, 0.25) is 0 Å². The van der Waals surface area contributed by atoms with Crippen molar-refractivity contribution in [3.63, 3.8) is 0 Å². The zero-order valence-electron chi connectivity index (χ0n) is 18.8. The van der Waals surface area contributed by atoms with Crippen LogP contribution in [0.25, 0.3) is 0 Å². The van der Waals surface area contributed by atoms with Crippen LogP contribution in [0.4, 0.5) is 18.9 Å². The maximum Gasteiger partial charge on any atom is 0.416 e. The van der Waals surface area contributed by atoms with Crippen molar-refractivity contribution in [1.29, 1.82) is 0 Å². The number of carbonyl (C=O) groups is 2. The summed E-state index contributed by atoms with van der Waals surface area (Å²) in [6.07, 6.45) is -2.63. The van der Waals surface area contributed by atoms with Crippen molar-refractivity contribution in [3.05, 3.63) is 41.3 Å². The number of anilines is 1. The standard InChI is InChI=1S/C23H29ClF3N3O2S/c1-14(2)18-13-29(9-8-28-18)22(32)20(21-15(3)7-10-33-21)30(19(31)12-24)17-6-4-5-16(11-17)23(25,26)27/h4-7,10-11,14-15,18,20-21,28H,8-9,12-13H2,1-3H3/t15?,18-,20-,21?/m1/s1. The Morgan fingerprint density at radius 1 is 1.33 bits per heavy atom. The van der Waals surface area contributed by atoms with Crippen LogP contribution in [-0.4, -0.2) is 59.6 Å². The average Bonchev–Trinajstić information content (AvgIpc) is 3.21. The molecule has 0 radical (unpaired) electrons. The van der Waals surface area contributed by atoms with Crippen LogP contribution in [0.5, 0.6) is 0 Å². The third-order valence-electron chi connectivity index (χ3n) is 6.13. The second-order valence-electron chi connectivity index (χ2n) is 8.77. The van der Waals surface area contributed by atoms with Crippen molar-refractivity contribution in [2.75, 3.05) is 30.4 Å². The summed E-state index contributed by atoms with van der Waals surface area (Å²) < 4.78 is 40.3. The first-order valence-corrected chi connectivity index (χ1v) is 12.4. The van der Waals surface area contributed by atoms with Crippen molar-refractivity contribution >= 4 is 40.9 Å². The molecule has 1 aromatic carbocycles. The van der Waals surface area contributed by atoms with Gasteiger partial charge in [-0.05, 0) is 35.4 Å². The van der Waals surface area contributed by atoms with Crippen LogP contribution in [0, 0.1) is 11.8 Å². The van der Waals surface area contributed by atoms with E-state index in [1.807, 2.05) is 18.4 Å². The molecule has 1 N–H and O–H groups in total. The lowest BCUT2D eigenvalue weighted by Gasteiger charge is -2.42. The highest BCUT2D eigenvalue weighted by Gasteiger charge is 2.44. The topological polar surface area (TPSA) is 52.7 Å². The van der Waals surface area contributed by atoms with Crippen molar-refractivity contribution in [1.82, 2.24) is 10.2 Å². The summed E-state index contributed by atoms with van der Waals surface area (Å²) in [5.41, 5.74) is -0.866. The number of alkyl halides is 4. The minimum atomic E-state index is -4.58. The molecule has 5 nitrogen and oxygen atoms in total. The Kier molecular flexibility index (Phi) is 8.40. The van der Waals surface area contributed by atoms with Crippen molar-refractivity contribution in [2.24, 2.45) is 11.8 Å². The van der Waals surface area contributed by atoms with E-state index in [-0.39, 0.29) is 28.8 Å². The van der Waals surface area contributed by atoms with E-state index in [1.165, 1.54) is 28.8 Å². The van der Waals surface area contributed by atoms with Gasteiger partial charge in [-0.15, -0.1) is 23.4 Å². The summed E-state index contributed by atoms with van der Waals surface area (Å²) >= 11 is 7.31. The van der Waals surface area contributed by atoms with Gasteiger partial charge in [-0.25, -0.2) is 0 Å². The lowest BCUT2D eigenvalue weighted by atomic mass is 9.96. The fraction of sp³-hybridized carbons (Fsp3) is 0.565. The van der Waals surface area contributed by atoms with Gasteiger partial charge in [-0.3, -0.25) is 14.5 Å². The second kappa shape index (κ2) is 10.7. The number of rotatable bonds is 6. The third kappa shape index (κ3) is 5.87. The van der Waals surface area contributed by atoms with Gasteiger partial charge in [0.05, 0.1) is 5.56 Å². The summed E-state index contributed by atoms with van der Waals surface area (Å²) in [4.78, 5) is 29.9. The molecule has 2 aliphatic rings. The molecule has 3 rings (SSSR count). The van der Waals surface area contributed by atoms with E-state index in [2.05, 4.69) is 19.2 Å². The first-order valence-electron chi connectivity index (χ1n) is 10.9. The van der Waals surface area contributed by atoms with Crippen LogP contribution >= 0.6 is 23.4 Å². The van der Waals surface area contributed by atoms with Crippen LogP contribution < -0.4 is 10.2 Å². The number of halogens is 4. The Morgan fingerprint density at radius 2 is 2.06 bits per heavy atom. The van der Waals surface area contributed by atoms with E-state index >= 15 is 0 Å². The number of nitrogens with one attached hydrogen (secondary N) is 1. The molecule has 0 aliphatic carbocycles. The number of hydrogen-bond acceptors (Lipinski definition) is 4. The molecule has 4 atom stereocenters. The Balaban J connectivity index is 2.05. The molecule has 10 heteroatoms. The highest BCUT2D eigenvalue weighted by Crippen LogP contribution is 2.38. The van der Waals surface area contributed by atoms with Gasteiger partial charge in [0.15, 0.2) is 0 Å². The van der Waals surface area contributed by atoms with E-state index in [0.717, 1.165) is 12.1 Å². The number of carbonyl (C=O) groups excluding carboxylic acids is 2. The third-order valence-corrected chi connectivity index (χ3v) is 7.68. The van der Waals surface area contributed by atoms with Crippen molar-refractivity contribution < 1.29 is 22.8 Å². The van der Waals surface area contributed by atoms with Crippen molar-refractivity contribution in [2.45, 2.75) is 44.3 Å². The minimum absolute atomic E-state index is 0.0177. The highest BCUT2D eigenvalue weighted by molar-refractivity contribution is 8.03. The maximum absolute atomic E-state index is 13.9. The number of piperazine rings is 1. The Bertz CT molecular complexity index is 896. The molecule has 0 bridgehead atoms. The quantitative estimate of drug-likeness (QED) is 0.586. The molecule has 2 amide bonds. The summed E-state index contributed by atoms with van der Waals surface area (Å²) in [7, 11) is 0. The molecule has 1 saturated heterocycles. The summed E-state index contributed by atoms with van der Waals surface area (Å²) in [5.74, 6) is -1.08. The maximum atomic E-state index is 13.9. The van der Waals surface area contributed by atoms with Gasteiger partial charge in [0.2, 0.25) is 11.8 Å². The number of allylic oxidation sites excluding steroid dienone is 1. The summed E-state index contributed by atoms with van der Waals surface area (Å²) in [5, 5.41) is 4.94. The lowest BCUT2D eigenvalue weighted by Crippen LogP contribution is -2.62. The molecule has 0 aromatic heterocycles. The first-order chi connectivity index (χ1) is 15.5. The predicted molar refractivity (Wildman–Crippen MR) is 126 cm³/mol. The predicted octanol–water partition coefficient (Wildman–Crippen LogP) is 4.37. The number of nitrogens with zero attached hydrogens (tertiary/aromatic N) is 2. The van der Waals surface area contributed by atoms with E-state index in [4.69, 9.17) is 11.6 Å². The molecule has 2 unspecified atom stereocenters. The monoisotopic (exact) mass is 503 g/mol. The van der Waals surface area contributed by atoms with Crippen LogP contribution in [0.1, 0.15) is 26.3 Å². The fourth-order valence-electron chi connectivity index (χ4n) is 4.22. The molecule has 1 aromatic rings. The number of amides is 2. The van der Waals surface area contributed by atoms with Gasteiger partial charge in [-0.1, -0.05) is 32.9 Å². The van der Waals surface area contributed by atoms with E-state index in [9.17, 15) is 22.8 Å². The molecule has 2 aliphatic heterocycles. The zero-order chi connectivity index (χ0) is 24.3. The number of benzene rings is 1. The van der Waals surface area contributed by atoms with E-state index in [1.54, 1.807) is 4.90 Å². The SMILES string of the molecule is CC1C=CSC1[C@H](C(=O)N1CCN[C@@H](C(C)C)C1)N(C(=O)CCl)c1cccc(C(F)(F)F)c1. The largest absolute Gasteiger partial charge is 0.416 e. The molecule has 1 fully saturated rings. The molecule has 2 heterocycles. The highest BCUT2D eigenvalue weighted by atomic mass is 35.5. The summed E-state index contributed by atoms with van der Waals surface area (Å²) in [6, 6.07) is 3.64. The van der Waals surface area contributed by atoms with Gasteiger partial charge < -0.3 is 10.2 Å². The Hall–Kier alpha value is -1.71. The molecule has 0 spiro atoms. The number of hydrogen-bond donors (Lipinski definition) is 1. The molecule has 33 heavy (non-hydrogen) atoms. The van der Waals surface area contributed by atoms with Gasteiger partial charge in [0, 0.05) is 36.6 Å². The van der Waals surface area contributed by atoms with Gasteiger partial charge in [-0.2, -0.15) is 13.2 Å². The van der Waals surface area contributed by atoms with Crippen LogP contribution in [0.3, 0.4) is 0 Å². The molecule has 0 saturated carbocycles. The molecular formula is C23H29ClF3N3O2S. The van der Waals surface area contributed by atoms with E-state index < -0.39 is 29.6 Å². The van der Waals surface area contributed by atoms with E-state index in [0.29, 0.717) is 25.6 Å². The normalized spacial score (nSPS) is 24.2. The zero-order valence-corrected chi connectivity index (χ0v) is 20.4. The molecule has 182 valence electrons. The van der Waals surface area contributed by atoms with Crippen molar-refractivity contribution in [3.8, 4) is 0 Å².